The molecular weight excluding hydrogens is 296 g/mol. The van der Waals surface area contributed by atoms with Crippen molar-refractivity contribution in [2.24, 2.45) is 0 Å². The van der Waals surface area contributed by atoms with Crippen molar-refractivity contribution in [2.45, 2.75) is 13.3 Å². The first-order chi connectivity index (χ1) is 11.0. The van der Waals surface area contributed by atoms with Gasteiger partial charge in [-0.05, 0) is 17.7 Å². The molecule has 0 heterocycles. The third-order valence-electron chi connectivity index (χ3n) is 3.31. The van der Waals surface area contributed by atoms with E-state index >= 15 is 0 Å². The molecule has 0 aliphatic carbocycles. The van der Waals surface area contributed by atoms with Crippen LogP contribution in [0.3, 0.4) is 0 Å². The first-order valence-corrected chi connectivity index (χ1v) is 7.35. The monoisotopic (exact) mass is 320 g/mol. The van der Waals surface area contributed by atoms with Gasteiger partial charge in [0.2, 0.25) is 11.8 Å². The van der Waals surface area contributed by atoms with Crippen LogP contribution in [-0.2, 0) is 16.0 Å². The normalized spacial score (nSPS) is 9.87. The van der Waals surface area contributed by atoms with E-state index in [0.29, 0.717) is 31.1 Å². The first-order valence-electron chi connectivity index (χ1n) is 7.35. The number of amides is 2. The average Bonchev–Trinajstić information content (AvgIpc) is 2.53. The van der Waals surface area contributed by atoms with Crippen LogP contribution in [0, 0.1) is 0 Å². The van der Waals surface area contributed by atoms with Crippen molar-refractivity contribution in [2.75, 3.05) is 33.9 Å². The van der Waals surface area contributed by atoms with Crippen molar-refractivity contribution in [1.29, 1.82) is 0 Å². The van der Waals surface area contributed by atoms with Gasteiger partial charge in [-0.25, -0.2) is 0 Å². The second kappa shape index (κ2) is 9.50. The van der Waals surface area contributed by atoms with Gasteiger partial charge in [-0.15, -0.1) is 6.58 Å². The van der Waals surface area contributed by atoms with Crippen molar-refractivity contribution >= 4 is 11.8 Å². The Bertz CT molecular complexity index is 558. The number of nitrogens with one attached hydrogen (secondary N) is 1. The summed E-state index contributed by atoms with van der Waals surface area (Å²) in [4.78, 5) is 25.0. The zero-order valence-electron chi connectivity index (χ0n) is 13.9. The molecule has 1 rings (SSSR count). The van der Waals surface area contributed by atoms with E-state index in [2.05, 4.69) is 11.9 Å². The lowest BCUT2D eigenvalue weighted by Gasteiger charge is -2.19. The molecule has 126 valence electrons. The van der Waals surface area contributed by atoms with E-state index < -0.39 is 0 Å². The Morgan fingerprint density at radius 3 is 2.52 bits per heavy atom. The largest absolute Gasteiger partial charge is 0.493 e. The number of carbonyl (C=O) groups is 2. The Morgan fingerprint density at radius 2 is 1.96 bits per heavy atom. The van der Waals surface area contributed by atoms with Gasteiger partial charge >= 0.3 is 0 Å². The molecule has 0 aliphatic rings. The van der Waals surface area contributed by atoms with Crippen LogP contribution in [0.5, 0.6) is 11.5 Å². The van der Waals surface area contributed by atoms with Crippen LogP contribution in [0.4, 0.5) is 0 Å². The van der Waals surface area contributed by atoms with Crippen molar-refractivity contribution < 1.29 is 19.1 Å². The van der Waals surface area contributed by atoms with Gasteiger partial charge in [-0.3, -0.25) is 9.59 Å². The Hall–Kier alpha value is -2.50. The van der Waals surface area contributed by atoms with Crippen LogP contribution in [0.2, 0.25) is 0 Å². The fourth-order valence-corrected chi connectivity index (χ4v) is 2.10. The lowest BCUT2D eigenvalue weighted by atomic mass is 10.1. The van der Waals surface area contributed by atoms with E-state index in [-0.39, 0.29) is 18.2 Å². The second-order valence-corrected chi connectivity index (χ2v) is 4.97. The first kappa shape index (κ1) is 18.5. The topological polar surface area (TPSA) is 67.9 Å². The van der Waals surface area contributed by atoms with Gasteiger partial charge in [-0.1, -0.05) is 12.1 Å². The predicted octanol–water partition coefficient (Wildman–Crippen LogP) is 1.40. The van der Waals surface area contributed by atoms with E-state index in [4.69, 9.17) is 9.47 Å². The molecule has 0 fully saturated rings. The van der Waals surface area contributed by atoms with Crippen LogP contribution < -0.4 is 14.8 Å². The highest BCUT2D eigenvalue weighted by Crippen LogP contribution is 2.27. The summed E-state index contributed by atoms with van der Waals surface area (Å²) in [5, 5.41) is 2.80. The summed E-state index contributed by atoms with van der Waals surface area (Å²) in [5.41, 5.74) is 0.828. The number of hydrogen-bond acceptors (Lipinski definition) is 4. The van der Waals surface area contributed by atoms with Crippen molar-refractivity contribution in [3.63, 3.8) is 0 Å². The number of hydrogen-bond donors (Lipinski definition) is 1. The molecule has 0 bridgehead atoms. The molecule has 6 heteroatoms. The summed E-state index contributed by atoms with van der Waals surface area (Å²) in [6.07, 6.45) is 1.90. The van der Waals surface area contributed by atoms with E-state index in [1.807, 2.05) is 6.07 Å². The van der Waals surface area contributed by atoms with E-state index in [1.165, 1.54) is 6.92 Å². The predicted molar refractivity (Wildman–Crippen MR) is 88.7 cm³/mol. The molecule has 1 N–H and O–H groups in total. The number of rotatable bonds is 9. The Labute approximate surface area is 137 Å². The average molecular weight is 320 g/mol. The van der Waals surface area contributed by atoms with Gasteiger partial charge in [0.1, 0.15) is 0 Å². The van der Waals surface area contributed by atoms with Crippen LogP contribution in [0.15, 0.2) is 30.9 Å². The van der Waals surface area contributed by atoms with Gasteiger partial charge in [0.05, 0.1) is 20.6 Å². The van der Waals surface area contributed by atoms with Crippen molar-refractivity contribution in [3.8, 4) is 11.5 Å². The van der Waals surface area contributed by atoms with Crippen LogP contribution in [-0.4, -0.2) is 50.6 Å². The minimum Gasteiger partial charge on any atom is -0.493 e. The van der Waals surface area contributed by atoms with E-state index in [0.717, 1.165) is 5.56 Å². The molecule has 0 saturated carbocycles. The number of benzene rings is 1. The SMILES string of the molecule is C=CCN(CCNC(=O)Cc1ccc(OC)c(OC)c1)C(C)=O. The summed E-state index contributed by atoms with van der Waals surface area (Å²) in [6.45, 7) is 6.44. The smallest absolute Gasteiger partial charge is 0.224 e. The number of methoxy groups -OCH3 is 2. The second-order valence-electron chi connectivity index (χ2n) is 4.97. The summed E-state index contributed by atoms with van der Waals surface area (Å²) in [7, 11) is 3.12. The van der Waals surface area contributed by atoms with Crippen LogP contribution >= 0.6 is 0 Å². The number of ether oxygens (including phenoxy) is 2. The fraction of sp³-hybridized carbons (Fsp3) is 0.412. The Kier molecular flexibility index (Phi) is 7.66. The minimum absolute atomic E-state index is 0.0426. The quantitative estimate of drug-likeness (QED) is 0.698. The Morgan fingerprint density at radius 1 is 1.26 bits per heavy atom. The highest BCUT2D eigenvalue weighted by Gasteiger charge is 2.10. The molecule has 0 aliphatic heterocycles. The molecule has 0 saturated heterocycles. The molecule has 1 aromatic carbocycles. The Balaban J connectivity index is 2.50. The maximum Gasteiger partial charge on any atom is 0.224 e. The molecule has 0 atom stereocenters. The molecule has 0 unspecified atom stereocenters. The maximum atomic E-state index is 12.0. The van der Waals surface area contributed by atoms with Gasteiger partial charge < -0.3 is 19.7 Å². The van der Waals surface area contributed by atoms with E-state index in [9.17, 15) is 9.59 Å². The molecular formula is C17H24N2O4. The molecule has 0 radical (unpaired) electrons. The van der Waals surface area contributed by atoms with Gasteiger partial charge in [-0.2, -0.15) is 0 Å². The van der Waals surface area contributed by atoms with Gasteiger partial charge in [0.25, 0.3) is 0 Å². The zero-order valence-corrected chi connectivity index (χ0v) is 13.9. The lowest BCUT2D eigenvalue weighted by Crippen LogP contribution is -2.38. The molecule has 1 aromatic rings. The van der Waals surface area contributed by atoms with Crippen LogP contribution in [0.25, 0.3) is 0 Å². The maximum absolute atomic E-state index is 12.0. The van der Waals surface area contributed by atoms with E-state index in [1.54, 1.807) is 37.3 Å². The molecule has 0 spiro atoms. The number of nitrogens with zero attached hydrogens (tertiary/aromatic N) is 1. The highest BCUT2D eigenvalue weighted by molar-refractivity contribution is 5.79. The van der Waals surface area contributed by atoms with Gasteiger partial charge in [0.15, 0.2) is 11.5 Å². The van der Waals surface area contributed by atoms with Crippen molar-refractivity contribution in [3.05, 3.63) is 36.4 Å². The van der Waals surface area contributed by atoms with Crippen molar-refractivity contribution in [1.82, 2.24) is 10.2 Å². The summed E-state index contributed by atoms with van der Waals surface area (Å²) in [6, 6.07) is 5.36. The summed E-state index contributed by atoms with van der Waals surface area (Å²) >= 11 is 0. The molecule has 6 nitrogen and oxygen atoms in total. The highest BCUT2D eigenvalue weighted by atomic mass is 16.5. The fourth-order valence-electron chi connectivity index (χ4n) is 2.10. The number of carbonyl (C=O) groups excluding carboxylic acids is 2. The minimum atomic E-state index is -0.112. The lowest BCUT2D eigenvalue weighted by molar-refractivity contribution is -0.129. The third-order valence-corrected chi connectivity index (χ3v) is 3.31. The summed E-state index contributed by atoms with van der Waals surface area (Å²) < 4.78 is 10.4. The standard InChI is InChI=1S/C17H24N2O4/c1-5-9-19(13(2)20)10-8-18-17(21)12-14-6-7-15(22-3)16(11-14)23-4/h5-7,11H,1,8-10,12H2,2-4H3,(H,18,21). The zero-order chi connectivity index (χ0) is 17.2. The van der Waals surface area contributed by atoms with Crippen LogP contribution in [0.1, 0.15) is 12.5 Å². The third kappa shape index (κ3) is 6.02. The summed E-state index contributed by atoms with van der Waals surface area (Å²) in [5.74, 6) is 1.06. The molecule has 0 aromatic heterocycles. The molecule has 23 heavy (non-hydrogen) atoms. The van der Waals surface area contributed by atoms with Gasteiger partial charge in [0, 0.05) is 26.6 Å². The molecule has 2 amide bonds.